The molecule has 0 aliphatic carbocycles. The Bertz CT molecular complexity index is 210. The van der Waals surface area contributed by atoms with E-state index in [1.54, 1.807) is 15.8 Å². The summed E-state index contributed by atoms with van der Waals surface area (Å²) in [5.74, 6) is 0. The summed E-state index contributed by atoms with van der Waals surface area (Å²) in [6.45, 7) is 0. The zero-order valence-corrected chi connectivity index (χ0v) is 6.92. The topological polar surface area (TPSA) is 17.1 Å². The van der Waals surface area contributed by atoms with Gasteiger partial charge in [-0.05, 0) is 0 Å². The summed E-state index contributed by atoms with van der Waals surface area (Å²) in [6.07, 6.45) is 0. The van der Waals surface area contributed by atoms with Gasteiger partial charge < -0.3 is 0 Å². The van der Waals surface area contributed by atoms with Crippen LogP contribution in [0.3, 0.4) is 0 Å². The first kappa shape index (κ1) is 7.25. The van der Waals surface area contributed by atoms with Crippen molar-refractivity contribution in [2.24, 2.45) is 0 Å². The molecule has 0 amide bonds. The monoisotopic (exact) mass is 180 g/mol. The Morgan fingerprint density at radius 3 is 2.11 bits per heavy atom. The Morgan fingerprint density at radius 1 is 1.22 bits per heavy atom. The SMILES string of the molecule is [Li][Se](=O)c1ccccc1. The van der Waals surface area contributed by atoms with Crippen molar-refractivity contribution in [3.8, 4) is 0 Å². The van der Waals surface area contributed by atoms with Crippen molar-refractivity contribution in [1.29, 1.82) is 0 Å². The summed E-state index contributed by atoms with van der Waals surface area (Å²) >= 11 is 0.113. The van der Waals surface area contributed by atoms with Gasteiger partial charge in [-0.2, -0.15) is 0 Å². The van der Waals surface area contributed by atoms with E-state index in [9.17, 15) is 3.83 Å². The second-order valence-corrected chi connectivity index (χ2v) is 4.66. The Labute approximate surface area is 66.0 Å². The van der Waals surface area contributed by atoms with Crippen LogP contribution in [0, 0.1) is 0 Å². The van der Waals surface area contributed by atoms with Gasteiger partial charge in [-0.15, -0.1) is 0 Å². The molecule has 0 N–H and O–H groups in total. The third-order valence-electron chi connectivity index (χ3n) is 1.08. The molecule has 42 valence electrons. The van der Waals surface area contributed by atoms with Crippen molar-refractivity contribution in [3.05, 3.63) is 30.3 Å². The van der Waals surface area contributed by atoms with Crippen LogP contribution in [0.25, 0.3) is 0 Å². The molecule has 1 nitrogen and oxygen atoms in total. The van der Waals surface area contributed by atoms with E-state index in [0.717, 1.165) is 4.46 Å². The van der Waals surface area contributed by atoms with Crippen LogP contribution >= 0.6 is 0 Å². The molecule has 0 aliphatic heterocycles. The van der Waals surface area contributed by atoms with Crippen LogP contribution in [0.5, 0.6) is 0 Å². The molecule has 1 atom stereocenters. The molecular weight excluding hydrogens is 174 g/mol. The van der Waals surface area contributed by atoms with Crippen LogP contribution in [0.4, 0.5) is 0 Å². The summed E-state index contributed by atoms with van der Waals surface area (Å²) in [5.41, 5.74) is 0. The summed E-state index contributed by atoms with van der Waals surface area (Å²) < 4.78 is 11.8. The molecule has 0 saturated carbocycles. The van der Waals surface area contributed by atoms with Crippen molar-refractivity contribution in [2.45, 2.75) is 0 Å². The van der Waals surface area contributed by atoms with Gasteiger partial charge in [0.2, 0.25) is 0 Å². The molecule has 0 radical (unpaired) electrons. The van der Waals surface area contributed by atoms with Crippen molar-refractivity contribution >= 4 is 31.9 Å². The van der Waals surface area contributed by atoms with Gasteiger partial charge in [0.15, 0.2) is 0 Å². The number of hydrogen-bond donors (Lipinski definition) is 0. The van der Waals surface area contributed by atoms with Crippen LogP contribution in [-0.2, 0) is 3.83 Å². The quantitative estimate of drug-likeness (QED) is 0.553. The van der Waals surface area contributed by atoms with Gasteiger partial charge in [0.05, 0.1) is 0 Å². The first-order chi connectivity index (χ1) is 4.30. The molecule has 0 bridgehead atoms. The average molecular weight is 179 g/mol. The molecular formula is C6H5LiOSe. The van der Waals surface area contributed by atoms with E-state index in [1.807, 2.05) is 30.3 Å². The predicted octanol–water partition coefficient (Wildman–Crippen LogP) is -0.0192. The molecule has 1 unspecified atom stereocenters. The number of hydrogen-bond acceptors (Lipinski definition) is 1. The molecule has 1 rings (SSSR count). The molecule has 0 aliphatic rings. The molecule has 3 heteroatoms. The van der Waals surface area contributed by atoms with Gasteiger partial charge in [0, 0.05) is 0 Å². The molecule has 1 aromatic rings. The van der Waals surface area contributed by atoms with Crippen LogP contribution in [0.15, 0.2) is 30.3 Å². The Hall–Kier alpha value is 0.137. The predicted molar refractivity (Wildman–Crippen MR) is 38.3 cm³/mol. The Morgan fingerprint density at radius 2 is 1.78 bits per heavy atom. The van der Waals surface area contributed by atoms with E-state index in [2.05, 4.69) is 0 Å². The van der Waals surface area contributed by atoms with Gasteiger partial charge in [-0.1, -0.05) is 0 Å². The molecule has 0 fully saturated rings. The third-order valence-corrected chi connectivity index (χ3v) is 3.04. The maximum atomic E-state index is 10.9. The number of benzene rings is 1. The summed E-state index contributed by atoms with van der Waals surface area (Å²) in [7, 11) is 0. The molecule has 9 heavy (non-hydrogen) atoms. The van der Waals surface area contributed by atoms with Crippen molar-refractivity contribution in [2.75, 3.05) is 0 Å². The van der Waals surface area contributed by atoms with Crippen molar-refractivity contribution in [3.63, 3.8) is 0 Å². The van der Waals surface area contributed by atoms with Gasteiger partial charge in [-0.3, -0.25) is 0 Å². The van der Waals surface area contributed by atoms with Crippen LogP contribution in [0.1, 0.15) is 0 Å². The summed E-state index contributed by atoms with van der Waals surface area (Å²) in [6, 6.07) is 9.55. The fraction of sp³-hybridized carbons (Fsp3) is 0. The van der Waals surface area contributed by atoms with E-state index in [0.29, 0.717) is 0 Å². The second kappa shape index (κ2) is 3.34. The standard InChI is InChI=1S/C6H5OSe.Li/c7-8-6-4-2-1-3-5-6;/h1-5H;/q+1;-1. The van der Waals surface area contributed by atoms with Gasteiger partial charge in [-0.25, -0.2) is 0 Å². The van der Waals surface area contributed by atoms with E-state index >= 15 is 0 Å². The van der Waals surface area contributed by atoms with E-state index in [4.69, 9.17) is 0 Å². The van der Waals surface area contributed by atoms with Gasteiger partial charge >= 0.3 is 66.0 Å². The number of rotatable bonds is 1. The Kier molecular flexibility index (Phi) is 2.69. The zero-order chi connectivity index (χ0) is 6.69. The molecule has 0 aromatic heterocycles. The third kappa shape index (κ3) is 2.08. The van der Waals surface area contributed by atoms with Crippen LogP contribution in [0.2, 0.25) is 0 Å². The second-order valence-electron chi connectivity index (χ2n) is 1.77. The average Bonchev–Trinajstić information content (AvgIpc) is 1.90. The maximum absolute atomic E-state index is 10.9. The summed E-state index contributed by atoms with van der Waals surface area (Å²) in [5, 5.41) is 0. The fourth-order valence-electron chi connectivity index (χ4n) is 0.612. The molecule has 0 spiro atoms. The van der Waals surface area contributed by atoms with Gasteiger partial charge in [0.25, 0.3) is 0 Å². The molecule has 0 saturated heterocycles. The van der Waals surface area contributed by atoms with Crippen LogP contribution in [-0.4, -0.2) is 27.4 Å². The molecule has 1 aromatic carbocycles. The normalized spacial score (nSPS) is 13.1. The fourth-order valence-corrected chi connectivity index (χ4v) is 1.75. The first-order valence-electron chi connectivity index (χ1n) is 2.69. The summed E-state index contributed by atoms with van der Waals surface area (Å²) in [4.78, 5) is 0. The van der Waals surface area contributed by atoms with Gasteiger partial charge in [0.1, 0.15) is 0 Å². The van der Waals surface area contributed by atoms with E-state index in [1.165, 1.54) is 0 Å². The Balaban J connectivity index is 2.98. The zero-order valence-electron chi connectivity index (χ0n) is 5.20. The van der Waals surface area contributed by atoms with E-state index in [-0.39, 0.29) is 0 Å². The first-order valence-corrected chi connectivity index (χ1v) is 5.96. The van der Waals surface area contributed by atoms with Crippen molar-refractivity contribution in [1.82, 2.24) is 0 Å². The molecule has 0 heterocycles. The minimum absolute atomic E-state index is 0.984. The van der Waals surface area contributed by atoms with Crippen molar-refractivity contribution < 1.29 is 3.83 Å². The van der Waals surface area contributed by atoms with E-state index < -0.39 is 11.6 Å². The minimum atomic E-state index is -1.66. The van der Waals surface area contributed by atoms with Crippen LogP contribution < -0.4 is 4.46 Å².